The molecule has 14 heavy (non-hydrogen) atoms. The lowest BCUT2D eigenvalue weighted by molar-refractivity contribution is 0.657. The highest BCUT2D eigenvalue weighted by Crippen LogP contribution is 2.25. The molecule has 2 aromatic rings. The Bertz CT molecular complexity index is 443. The van der Waals surface area contributed by atoms with E-state index in [2.05, 4.69) is 48.5 Å². The van der Waals surface area contributed by atoms with Crippen LogP contribution in [-0.2, 0) is 0 Å². The van der Waals surface area contributed by atoms with Gasteiger partial charge in [-0.1, -0.05) is 18.2 Å². The molecule has 0 fully saturated rings. The smallest absolute Gasteiger partial charge is 0.0487 e. The molecule has 2 heteroatoms. The molecule has 1 heterocycles. The number of H-pyrrole nitrogens is 1. The van der Waals surface area contributed by atoms with Gasteiger partial charge in [0.25, 0.3) is 0 Å². The highest BCUT2D eigenvalue weighted by Gasteiger charge is 2.09. The number of fused-ring (bicyclic) bond motifs is 1. The molecule has 1 unspecified atom stereocenters. The molecule has 0 spiro atoms. The molecule has 0 saturated carbocycles. The van der Waals surface area contributed by atoms with Crippen molar-refractivity contribution in [1.82, 2.24) is 10.3 Å². The average Bonchev–Trinajstić information content (AvgIpc) is 2.62. The van der Waals surface area contributed by atoms with Crippen molar-refractivity contribution >= 4 is 10.9 Å². The molecule has 2 nitrogen and oxygen atoms in total. The minimum Gasteiger partial charge on any atom is -0.361 e. The van der Waals surface area contributed by atoms with Crippen LogP contribution in [0.25, 0.3) is 10.9 Å². The molecule has 2 N–H and O–H groups in total. The average molecular weight is 188 g/mol. The van der Waals surface area contributed by atoms with E-state index in [1.807, 2.05) is 7.05 Å². The third-order valence-corrected chi connectivity index (χ3v) is 2.86. The predicted molar refractivity (Wildman–Crippen MR) is 60.5 cm³/mol. The Hall–Kier alpha value is -1.28. The van der Waals surface area contributed by atoms with Crippen molar-refractivity contribution in [2.45, 2.75) is 19.9 Å². The molecule has 0 amide bonds. The zero-order valence-electron chi connectivity index (χ0n) is 8.89. The molecule has 0 saturated heterocycles. The van der Waals surface area contributed by atoms with Crippen LogP contribution in [0.1, 0.15) is 24.1 Å². The first-order valence-electron chi connectivity index (χ1n) is 4.98. The lowest BCUT2D eigenvalue weighted by Crippen LogP contribution is -2.11. The van der Waals surface area contributed by atoms with Gasteiger partial charge in [0.2, 0.25) is 0 Å². The highest BCUT2D eigenvalue weighted by atomic mass is 14.9. The summed E-state index contributed by atoms with van der Waals surface area (Å²) >= 11 is 0. The van der Waals surface area contributed by atoms with Crippen LogP contribution >= 0.6 is 0 Å². The van der Waals surface area contributed by atoms with E-state index < -0.39 is 0 Å². The summed E-state index contributed by atoms with van der Waals surface area (Å²) in [5, 5.41) is 4.58. The van der Waals surface area contributed by atoms with Crippen LogP contribution in [0.4, 0.5) is 0 Å². The van der Waals surface area contributed by atoms with E-state index in [0.717, 1.165) is 0 Å². The molecule has 74 valence electrons. The second kappa shape index (κ2) is 3.46. The fraction of sp³-hybridized carbons (Fsp3) is 0.333. The Morgan fingerprint density at radius 2 is 2.14 bits per heavy atom. The highest BCUT2D eigenvalue weighted by molar-refractivity contribution is 5.86. The third-order valence-electron chi connectivity index (χ3n) is 2.86. The minimum atomic E-state index is 0.394. The first-order valence-corrected chi connectivity index (χ1v) is 4.98. The molecule has 1 atom stereocenters. The summed E-state index contributed by atoms with van der Waals surface area (Å²) in [6, 6.07) is 6.80. The van der Waals surface area contributed by atoms with Gasteiger partial charge in [-0.3, -0.25) is 0 Å². The van der Waals surface area contributed by atoms with E-state index in [0.29, 0.717) is 6.04 Å². The van der Waals surface area contributed by atoms with Crippen LogP contribution in [0.5, 0.6) is 0 Å². The number of benzene rings is 1. The number of rotatable bonds is 2. The molecule has 1 aromatic heterocycles. The summed E-state index contributed by atoms with van der Waals surface area (Å²) in [5.41, 5.74) is 3.90. The van der Waals surface area contributed by atoms with Crippen LogP contribution in [0.2, 0.25) is 0 Å². The summed E-state index contributed by atoms with van der Waals surface area (Å²) in [6.45, 7) is 4.30. The van der Waals surface area contributed by atoms with Crippen LogP contribution in [-0.4, -0.2) is 12.0 Å². The number of nitrogens with one attached hydrogen (secondary N) is 2. The number of hydrogen-bond acceptors (Lipinski definition) is 1. The fourth-order valence-electron chi connectivity index (χ4n) is 1.84. The van der Waals surface area contributed by atoms with Crippen LogP contribution in [0, 0.1) is 6.92 Å². The Kier molecular flexibility index (Phi) is 2.30. The van der Waals surface area contributed by atoms with Crippen molar-refractivity contribution in [3.8, 4) is 0 Å². The van der Waals surface area contributed by atoms with Gasteiger partial charge in [-0.15, -0.1) is 0 Å². The summed E-state index contributed by atoms with van der Waals surface area (Å²) in [7, 11) is 1.99. The first-order chi connectivity index (χ1) is 6.74. The van der Waals surface area contributed by atoms with Crippen molar-refractivity contribution in [1.29, 1.82) is 0 Å². The van der Waals surface area contributed by atoms with Gasteiger partial charge in [-0.2, -0.15) is 0 Å². The maximum atomic E-state index is 3.33. The Morgan fingerprint density at radius 1 is 1.36 bits per heavy atom. The Labute approximate surface area is 84.3 Å². The third kappa shape index (κ3) is 1.32. The molecule has 2 rings (SSSR count). The second-order valence-electron chi connectivity index (χ2n) is 3.75. The number of aryl methyl sites for hydroxylation is 1. The molecule has 0 bridgehead atoms. The normalized spacial score (nSPS) is 13.4. The first kappa shape index (κ1) is 9.28. The molecule has 1 aromatic carbocycles. The van der Waals surface area contributed by atoms with E-state index in [1.165, 1.54) is 22.0 Å². The van der Waals surface area contributed by atoms with Crippen LogP contribution in [0.15, 0.2) is 24.4 Å². The van der Waals surface area contributed by atoms with Gasteiger partial charge < -0.3 is 10.3 Å². The monoisotopic (exact) mass is 188 g/mol. The van der Waals surface area contributed by atoms with E-state index >= 15 is 0 Å². The topological polar surface area (TPSA) is 27.8 Å². The van der Waals surface area contributed by atoms with Gasteiger partial charge in [0.05, 0.1) is 0 Å². The van der Waals surface area contributed by atoms with Gasteiger partial charge in [-0.25, -0.2) is 0 Å². The lowest BCUT2D eigenvalue weighted by atomic mass is 10.1. The Morgan fingerprint density at radius 3 is 2.86 bits per heavy atom. The summed E-state index contributed by atoms with van der Waals surface area (Å²) in [5.74, 6) is 0. The van der Waals surface area contributed by atoms with Gasteiger partial charge in [0.15, 0.2) is 0 Å². The summed E-state index contributed by atoms with van der Waals surface area (Å²) in [6.07, 6.45) is 2.10. The molecule has 0 aliphatic carbocycles. The minimum absolute atomic E-state index is 0.394. The molecule has 0 radical (unpaired) electrons. The van der Waals surface area contributed by atoms with Crippen molar-refractivity contribution in [2.24, 2.45) is 0 Å². The summed E-state index contributed by atoms with van der Waals surface area (Å²) < 4.78 is 0. The molecule has 0 aliphatic rings. The van der Waals surface area contributed by atoms with Crippen LogP contribution in [0.3, 0.4) is 0 Å². The van der Waals surface area contributed by atoms with E-state index in [-0.39, 0.29) is 0 Å². The van der Waals surface area contributed by atoms with Crippen LogP contribution < -0.4 is 5.32 Å². The molecule has 0 aliphatic heterocycles. The maximum Gasteiger partial charge on any atom is 0.0487 e. The second-order valence-corrected chi connectivity index (χ2v) is 3.75. The van der Waals surface area contributed by atoms with Gasteiger partial charge in [-0.05, 0) is 32.0 Å². The fourth-order valence-corrected chi connectivity index (χ4v) is 1.84. The SMILES string of the molecule is CNC(C)c1c[nH]c2c(C)cccc12. The van der Waals surface area contributed by atoms with Crippen molar-refractivity contribution in [3.63, 3.8) is 0 Å². The van der Waals surface area contributed by atoms with Gasteiger partial charge in [0.1, 0.15) is 0 Å². The zero-order chi connectivity index (χ0) is 10.1. The zero-order valence-corrected chi connectivity index (χ0v) is 8.89. The number of aromatic nitrogens is 1. The molecular weight excluding hydrogens is 172 g/mol. The lowest BCUT2D eigenvalue weighted by Gasteiger charge is -2.08. The van der Waals surface area contributed by atoms with Crippen molar-refractivity contribution in [3.05, 3.63) is 35.5 Å². The standard InChI is InChI=1S/C12H16N2/c1-8-5-4-6-10-11(9(2)13-3)7-14-12(8)10/h4-7,9,13-14H,1-3H3. The number of hydrogen-bond donors (Lipinski definition) is 2. The van der Waals surface area contributed by atoms with Gasteiger partial charge in [0, 0.05) is 23.1 Å². The Balaban J connectivity index is 2.63. The number of para-hydroxylation sites is 1. The number of aromatic amines is 1. The largest absolute Gasteiger partial charge is 0.361 e. The van der Waals surface area contributed by atoms with E-state index in [9.17, 15) is 0 Å². The molecular formula is C12H16N2. The van der Waals surface area contributed by atoms with Crippen molar-refractivity contribution in [2.75, 3.05) is 7.05 Å². The maximum absolute atomic E-state index is 3.33. The van der Waals surface area contributed by atoms with Gasteiger partial charge >= 0.3 is 0 Å². The van der Waals surface area contributed by atoms with E-state index in [1.54, 1.807) is 0 Å². The van der Waals surface area contributed by atoms with E-state index in [4.69, 9.17) is 0 Å². The summed E-state index contributed by atoms with van der Waals surface area (Å²) in [4.78, 5) is 3.33. The predicted octanol–water partition coefficient (Wildman–Crippen LogP) is 2.76. The van der Waals surface area contributed by atoms with Crippen molar-refractivity contribution < 1.29 is 0 Å². The quantitative estimate of drug-likeness (QED) is 0.745.